The first-order valence-corrected chi connectivity index (χ1v) is 7.03. The summed E-state index contributed by atoms with van der Waals surface area (Å²) in [4.78, 5) is 0.129. The van der Waals surface area contributed by atoms with E-state index in [-0.39, 0.29) is 4.90 Å². The molecule has 0 heterocycles. The molecule has 0 aromatic heterocycles. The van der Waals surface area contributed by atoms with Crippen molar-refractivity contribution in [2.75, 3.05) is 0 Å². The van der Waals surface area contributed by atoms with Gasteiger partial charge in [-0.3, -0.25) is 0 Å². The molecule has 0 amide bonds. The van der Waals surface area contributed by atoms with Crippen molar-refractivity contribution in [3.63, 3.8) is 0 Å². The fraction of sp³-hybridized carbons (Fsp3) is 0.143. The first-order chi connectivity index (χ1) is 8.36. The minimum absolute atomic E-state index is 0.129. The molecule has 0 saturated heterocycles. The molecule has 0 fully saturated rings. The van der Waals surface area contributed by atoms with Gasteiger partial charge in [0.1, 0.15) is 0 Å². The second kappa shape index (κ2) is 5.80. The Bertz CT molecular complexity index is 610. The van der Waals surface area contributed by atoms with Crippen molar-refractivity contribution >= 4 is 15.6 Å². The van der Waals surface area contributed by atoms with Crippen LogP contribution in [0.15, 0.2) is 59.5 Å². The predicted molar refractivity (Wildman–Crippen MR) is 75.4 cm³/mol. The summed E-state index contributed by atoms with van der Waals surface area (Å²) in [5, 5.41) is 5.21. The van der Waals surface area contributed by atoms with Gasteiger partial charge in [0.2, 0.25) is 10.0 Å². The Morgan fingerprint density at radius 1 is 1.28 bits per heavy atom. The van der Waals surface area contributed by atoms with Crippen LogP contribution in [0.2, 0.25) is 0 Å². The number of nitrogens with two attached hydrogens (primary N) is 1. The van der Waals surface area contributed by atoms with Gasteiger partial charge in [-0.2, -0.15) is 0 Å². The van der Waals surface area contributed by atoms with Gasteiger partial charge in [0.05, 0.1) is 4.90 Å². The Hall–Kier alpha value is -1.65. The summed E-state index contributed by atoms with van der Waals surface area (Å²) in [5.41, 5.74) is 2.28. The van der Waals surface area contributed by atoms with Crippen molar-refractivity contribution < 1.29 is 8.42 Å². The van der Waals surface area contributed by atoms with Gasteiger partial charge in [-0.1, -0.05) is 48.6 Å². The van der Waals surface area contributed by atoms with Crippen molar-refractivity contribution in [1.82, 2.24) is 0 Å². The molecule has 18 heavy (non-hydrogen) atoms. The minimum Gasteiger partial charge on any atom is -0.225 e. The monoisotopic (exact) mass is 263 g/mol. The molecule has 1 aromatic carbocycles. The van der Waals surface area contributed by atoms with Crippen molar-refractivity contribution in [3.05, 3.63) is 60.2 Å². The van der Waals surface area contributed by atoms with Gasteiger partial charge in [0.25, 0.3) is 0 Å². The highest BCUT2D eigenvalue weighted by Crippen LogP contribution is 2.23. The average Bonchev–Trinajstić information content (AvgIpc) is 2.29. The number of sulfonamides is 1. The highest BCUT2D eigenvalue weighted by atomic mass is 32.2. The molecule has 0 unspecified atom stereocenters. The first-order valence-electron chi connectivity index (χ1n) is 5.48. The van der Waals surface area contributed by atoms with E-state index in [1.807, 2.05) is 32.1 Å². The fourth-order valence-corrected chi connectivity index (χ4v) is 2.29. The van der Waals surface area contributed by atoms with Crippen LogP contribution in [0.1, 0.15) is 19.4 Å². The molecular weight excluding hydrogens is 246 g/mol. The zero-order chi connectivity index (χ0) is 13.8. The molecule has 0 bridgehead atoms. The lowest BCUT2D eigenvalue weighted by atomic mass is 10.0. The van der Waals surface area contributed by atoms with Crippen LogP contribution in [0.5, 0.6) is 0 Å². The third-order valence-electron chi connectivity index (χ3n) is 2.36. The van der Waals surface area contributed by atoms with Crippen LogP contribution < -0.4 is 5.14 Å². The SMILES string of the molecule is C=C(C)/C=C\C(=C/C)c1ccccc1S(N)(=O)=O. The number of hydrogen-bond acceptors (Lipinski definition) is 2. The quantitative estimate of drug-likeness (QED) is 0.849. The average molecular weight is 263 g/mol. The lowest BCUT2D eigenvalue weighted by Crippen LogP contribution is -2.14. The normalized spacial score (nSPS) is 12.9. The van der Waals surface area contributed by atoms with Gasteiger partial charge in [0.15, 0.2) is 0 Å². The van der Waals surface area contributed by atoms with E-state index in [2.05, 4.69) is 6.58 Å². The molecule has 1 aromatic rings. The molecule has 0 spiro atoms. The number of allylic oxidation sites excluding steroid dienone is 5. The lowest BCUT2D eigenvalue weighted by Gasteiger charge is -2.08. The van der Waals surface area contributed by atoms with Crippen molar-refractivity contribution in [2.24, 2.45) is 5.14 Å². The highest BCUT2D eigenvalue weighted by molar-refractivity contribution is 7.89. The molecule has 1 rings (SSSR count). The molecule has 96 valence electrons. The summed E-state index contributed by atoms with van der Waals surface area (Å²) in [6.45, 7) is 7.48. The number of benzene rings is 1. The molecule has 3 nitrogen and oxygen atoms in total. The summed E-state index contributed by atoms with van der Waals surface area (Å²) in [6.07, 6.45) is 5.49. The van der Waals surface area contributed by atoms with Crippen LogP contribution in [0.25, 0.3) is 5.57 Å². The Balaban J connectivity index is 3.37. The number of primary sulfonamides is 1. The van der Waals surface area contributed by atoms with Gasteiger partial charge < -0.3 is 0 Å². The molecule has 4 heteroatoms. The Morgan fingerprint density at radius 3 is 2.39 bits per heavy atom. The van der Waals surface area contributed by atoms with E-state index in [1.165, 1.54) is 6.07 Å². The standard InChI is InChI=1S/C14H17NO2S/c1-4-12(10-9-11(2)3)13-7-5-6-8-14(13)18(15,16)17/h4-10H,2H2,1,3H3,(H2,15,16,17)/b10-9-,12-4+. The molecule has 0 atom stereocenters. The Labute approximate surface area is 108 Å². The maximum absolute atomic E-state index is 11.5. The molecule has 0 saturated carbocycles. The van der Waals surface area contributed by atoms with Crippen molar-refractivity contribution in [2.45, 2.75) is 18.7 Å². The first kappa shape index (κ1) is 14.4. The van der Waals surface area contributed by atoms with Gasteiger partial charge >= 0.3 is 0 Å². The topological polar surface area (TPSA) is 60.2 Å². The summed E-state index contributed by atoms with van der Waals surface area (Å²) in [6, 6.07) is 6.67. The van der Waals surface area contributed by atoms with Gasteiger partial charge in [-0.15, -0.1) is 0 Å². The van der Waals surface area contributed by atoms with Crippen LogP contribution >= 0.6 is 0 Å². The smallest absolute Gasteiger partial charge is 0.225 e. The summed E-state index contributed by atoms with van der Waals surface area (Å²) >= 11 is 0. The molecule has 0 aliphatic rings. The lowest BCUT2D eigenvalue weighted by molar-refractivity contribution is 0.597. The largest absolute Gasteiger partial charge is 0.238 e. The molecule has 0 aliphatic carbocycles. The molecule has 2 N–H and O–H groups in total. The van der Waals surface area contributed by atoms with E-state index in [4.69, 9.17) is 5.14 Å². The fourth-order valence-electron chi connectivity index (χ4n) is 1.53. The highest BCUT2D eigenvalue weighted by Gasteiger charge is 2.14. The maximum Gasteiger partial charge on any atom is 0.238 e. The summed E-state index contributed by atoms with van der Waals surface area (Å²) in [5.74, 6) is 0. The van der Waals surface area contributed by atoms with Gasteiger partial charge in [-0.05, 0) is 25.5 Å². The second-order valence-electron chi connectivity index (χ2n) is 3.96. The maximum atomic E-state index is 11.5. The van der Waals surface area contributed by atoms with E-state index in [9.17, 15) is 8.42 Å². The van der Waals surface area contributed by atoms with Crippen LogP contribution in [-0.4, -0.2) is 8.42 Å². The third-order valence-corrected chi connectivity index (χ3v) is 3.33. The van der Waals surface area contributed by atoms with E-state index in [0.717, 1.165) is 11.1 Å². The van der Waals surface area contributed by atoms with Crippen LogP contribution in [-0.2, 0) is 10.0 Å². The summed E-state index contributed by atoms with van der Waals surface area (Å²) < 4.78 is 23.0. The van der Waals surface area contributed by atoms with E-state index < -0.39 is 10.0 Å². The van der Waals surface area contributed by atoms with Crippen LogP contribution in [0, 0.1) is 0 Å². The van der Waals surface area contributed by atoms with Gasteiger partial charge in [-0.25, -0.2) is 13.6 Å². The van der Waals surface area contributed by atoms with Gasteiger partial charge in [0, 0.05) is 5.56 Å². The Morgan fingerprint density at radius 2 is 1.89 bits per heavy atom. The third kappa shape index (κ3) is 3.68. The van der Waals surface area contributed by atoms with E-state index >= 15 is 0 Å². The Kier molecular flexibility index (Phi) is 4.64. The molecular formula is C14H17NO2S. The zero-order valence-corrected chi connectivity index (χ0v) is 11.4. The van der Waals surface area contributed by atoms with E-state index in [0.29, 0.717) is 5.56 Å². The van der Waals surface area contributed by atoms with Crippen molar-refractivity contribution in [3.8, 4) is 0 Å². The van der Waals surface area contributed by atoms with Crippen LogP contribution in [0.3, 0.4) is 0 Å². The molecule has 0 aliphatic heterocycles. The minimum atomic E-state index is -3.72. The number of hydrogen-bond donors (Lipinski definition) is 1. The number of rotatable bonds is 4. The zero-order valence-electron chi connectivity index (χ0n) is 10.6. The summed E-state index contributed by atoms with van der Waals surface area (Å²) in [7, 11) is -3.72. The van der Waals surface area contributed by atoms with Crippen molar-refractivity contribution in [1.29, 1.82) is 0 Å². The molecule has 0 radical (unpaired) electrons. The second-order valence-corrected chi connectivity index (χ2v) is 5.49. The van der Waals surface area contributed by atoms with E-state index in [1.54, 1.807) is 18.2 Å². The predicted octanol–water partition coefficient (Wildman–Crippen LogP) is 2.87. The van der Waals surface area contributed by atoms with Crippen LogP contribution in [0.4, 0.5) is 0 Å².